The van der Waals surface area contributed by atoms with Crippen LogP contribution in [0.3, 0.4) is 0 Å². The number of allylic oxidation sites excluding steroid dienone is 6. The molecule has 3 atom stereocenters. The Balaban J connectivity index is 0.648. The zero-order valence-corrected chi connectivity index (χ0v) is 57.3. The monoisotopic (exact) mass is 1300 g/mol. The number of rotatable bonds is 23. The standard InChI is InChI=1S/C95H82N2O3/c1-4-64(2)65-19-37-76(38-20-65)96(78-41-23-69(24-42-78)84-52-30-73-33-55-87-83(68-17-11-8-12-18-68)51-29-72-34-56-88(84)92(73)91(72)87)79-43-25-70(26-44-79)85-53-31-74-36-58-90-86(54-32-75-35-57-89(85)93(74)94(75)90)71-27-45-80(46-28-71)97(77-39-21-67(22-40-77)66-15-9-7-10-16-66)81-47-49-82(50-48-81)100-60-14-6-5-13-59-98-61-95(3)62-99-63-95/h7-12,15-58,64,72,91H,4-6,13-14,59-63H2,1-3H3. The molecule has 3 unspecified atom stereocenters. The maximum absolute atomic E-state index is 6.31. The van der Waals surface area contributed by atoms with E-state index in [1.54, 1.807) is 0 Å². The van der Waals surface area contributed by atoms with Gasteiger partial charge in [-0.3, -0.25) is 0 Å². The van der Waals surface area contributed by atoms with Crippen LogP contribution in [0.25, 0.3) is 94.6 Å². The van der Waals surface area contributed by atoms with Crippen molar-refractivity contribution in [3.63, 3.8) is 0 Å². The summed E-state index contributed by atoms with van der Waals surface area (Å²) in [4.78, 5) is 4.76. The van der Waals surface area contributed by atoms with Gasteiger partial charge in [-0.15, -0.1) is 0 Å². The Hall–Kier alpha value is -10.8. The molecule has 0 N–H and O–H groups in total. The highest BCUT2D eigenvalue weighted by molar-refractivity contribution is 6.27. The van der Waals surface area contributed by atoms with E-state index in [0.717, 1.165) is 98.4 Å². The topological polar surface area (TPSA) is 34.2 Å². The van der Waals surface area contributed by atoms with E-state index in [9.17, 15) is 0 Å². The zero-order chi connectivity index (χ0) is 67.1. The Bertz CT molecular complexity index is 5220. The minimum atomic E-state index is 0.205. The predicted molar refractivity (Wildman–Crippen MR) is 420 cm³/mol. The molecule has 100 heavy (non-hydrogen) atoms. The summed E-state index contributed by atoms with van der Waals surface area (Å²) in [6, 6.07) is 99.1. The first-order valence-electron chi connectivity index (χ1n) is 36.1. The second-order valence-corrected chi connectivity index (χ2v) is 28.3. The van der Waals surface area contributed by atoms with Crippen LogP contribution in [-0.2, 0) is 9.47 Å². The van der Waals surface area contributed by atoms with Gasteiger partial charge in [-0.05, 0) is 232 Å². The van der Waals surface area contributed by atoms with Gasteiger partial charge in [-0.1, -0.05) is 246 Å². The minimum absolute atomic E-state index is 0.205. The first-order chi connectivity index (χ1) is 49.3. The van der Waals surface area contributed by atoms with E-state index in [1.807, 2.05) is 0 Å². The molecule has 13 aromatic carbocycles. The summed E-state index contributed by atoms with van der Waals surface area (Å²) in [5, 5.41) is 7.57. The summed E-state index contributed by atoms with van der Waals surface area (Å²) in [7, 11) is 0. The molecule has 1 saturated heterocycles. The first-order valence-corrected chi connectivity index (χ1v) is 36.1. The van der Waals surface area contributed by atoms with Crippen LogP contribution in [0.1, 0.15) is 92.5 Å². The van der Waals surface area contributed by atoms with Gasteiger partial charge in [0.1, 0.15) is 5.75 Å². The van der Waals surface area contributed by atoms with Crippen molar-refractivity contribution in [2.75, 3.05) is 42.8 Å². The summed E-state index contributed by atoms with van der Waals surface area (Å²) in [5.41, 5.74) is 25.9. The molecule has 1 fully saturated rings. The third kappa shape index (κ3) is 12.0. The van der Waals surface area contributed by atoms with Gasteiger partial charge >= 0.3 is 0 Å². The lowest BCUT2D eigenvalue weighted by molar-refractivity contribution is -0.137. The Kier molecular flexibility index (Phi) is 17.0. The maximum Gasteiger partial charge on any atom is 0.119 e. The number of benzene rings is 13. The van der Waals surface area contributed by atoms with Crippen LogP contribution in [0.4, 0.5) is 34.1 Å². The van der Waals surface area contributed by atoms with Crippen molar-refractivity contribution in [3.8, 4) is 50.3 Å². The fourth-order valence-electron chi connectivity index (χ4n) is 15.9. The molecule has 0 bridgehead atoms. The van der Waals surface area contributed by atoms with Crippen molar-refractivity contribution in [2.24, 2.45) is 11.3 Å². The van der Waals surface area contributed by atoms with Gasteiger partial charge in [0, 0.05) is 58.0 Å². The zero-order valence-electron chi connectivity index (χ0n) is 57.3. The van der Waals surface area contributed by atoms with Crippen LogP contribution in [0, 0.1) is 11.3 Å². The third-order valence-corrected chi connectivity index (χ3v) is 21.6. The average molecular weight is 1300 g/mol. The van der Waals surface area contributed by atoms with Crippen LogP contribution in [0.15, 0.2) is 297 Å². The molecule has 490 valence electrons. The quantitative estimate of drug-likeness (QED) is 0.0471. The van der Waals surface area contributed by atoms with Crippen molar-refractivity contribution in [3.05, 3.63) is 325 Å². The van der Waals surface area contributed by atoms with Crippen molar-refractivity contribution >= 4 is 84.2 Å². The molecular formula is C95H82N2O3. The molecule has 0 amide bonds. The molecule has 4 aliphatic rings. The number of nitrogens with zero attached hydrogens (tertiary/aromatic N) is 2. The maximum atomic E-state index is 6.31. The molecule has 5 nitrogen and oxygen atoms in total. The van der Waals surface area contributed by atoms with Crippen molar-refractivity contribution < 1.29 is 14.2 Å². The highest BCUT2D eigenvalue weighted by Gasteiger charge is 2.36. The highest BCUT2D eigenvalue weighted by Crippen LogP contribution is 2.53. The van der Waals surface area contributed by atoms with Crippen molar-refractivity contribution in [1.82, 2.24) is 0 Å². The average Bonchev–Trinajstić information content (AvgIpc) is 0.732. The normalized spacial score (nSPS) is 15.9. The number of anilines is 6. The Morgan fingerprint density at radius 1 is 0.440 bits per heavy atom. The van der Waals surface area contributed by atoms with Crippen molar-refractivity contribution in [2.45, 2.75) is 64.7 Å². The molecule has 13 aromatic rings. The molecule has 5 heteroatoms. The van der Waals surface area contributed by atoms with Crippen LogP contribution < -0.4 is 14.5 Å². The van der Waals surface area contributed by atoms with Crippen LogP contribution in [0.5, 0.6) is 5.75 Å². The summed E-state index contributed by atoms with van der Waals surface area (Å²) in [6.07, 6.45) is 19.7. The first kappa shape index (κ1) is 62.7. The Morgan fingerprint density at radius 3 is 1.45 bits per heavy atom. The number of ether oxygens (including phenoxy) is 3. The van der Waals surface area contributed by atoms with Crippen LogP contribution >= 0.6 is 0 Å². The second-order valence-electron chi connectivity index (χ2n) is 28.3. The number of unbranched alkanes of at least 4 members (excludes halogenated alkanes) is 3. The largest absolute Gasteiger partial charge is 0.494 e. The molecule has 0 spiro atoms. The molecule has 1 heterocycles. The summed E-state index contributed by atoms with van der Waals surface area (Å²) < 4.78 is 17.6. The summed E-state index contributed by atoms with van der Waals surface area (Å²) in [6.45, 7) is 10.7. The number of hydrogen-bond acceptors (Lipinski definition) is 5. The van der Waals surface area contributed by atoms with Gasteiger partial charge < -0.3 is 24.0 Å². The summed E-state index contributed by atoms with van der Waals surface area (Å²) >= 11 is 0. The highest BCUT2D eigenvalue weighted by atomic mass is 16.5. The van der Waals surface area contributed by atoms with E-state index >= 15 is 0 Å². The number of hydrogen-bond donors (Lipinski definition) is 0. The van der Waals surface area contributed by atoms with Crippen molar-refractivity contribution in [1.29, 1.82) is 0 Å². The van der Waals surface area contributed by atoms with Gasteiger partial charge in [0.25, 0.3) is 0 Å². The fraction of sp³-hybridized carbons (Fsp3) is 0.179. The second kappa shape index (κ2) is 27.1. The minimum Gasteiger partial charge on any atom is -0.494 e. The predicted octanol–water partition coefficient (Wildman–Crippen LogP) is 25.5. The molecule has 0 aromatic heterocycles. The third-order valence-electron chi connectivity index (χ3n) is 21.6. The lowest BCUT2D eigenvalue weighted by atomic mass is 9.66. The molecular weight excluding hydrogens is 1220 g/mol. The van der Waals surface area contributed by atoms with Crippen LogP contribution in [0.2, 0.25) is 0 Å². The Labute approximate surface area is 588 Å². The molecule has 17 rings (SSSR count). The SMILES string of the molecule is CCC(C)c1ccc(N(c2ccc(-c3ccc4c5c3C=CC3C=CC(c6ccccc6)=C(C=C4)C53)cc2)c2ccc(-c3ccc4ccc5c(-c6ccc(N(c7ccc(OCCCCCCOCC8(C)COC8)cc7)c7ccc(-c8ccccc8)cc7)cc6)ccc6ccc3c4c65)cc2)cc1. The smallest absolute Gasteiger partial charge is 0.119 e. The summed E-state index contributed by atoms with van der Waals surface area (Å²) in [5.74, 6) is 1.99. The lowest BCUT2D eigenvalue weighted by Gasteiger charge is -2.37. The van der Waals surface area contributed by atoms with E-state index in [2.05, 4.69) is 334 Å². The lowest BCUT2D eigenvalue weighted by Crippen LogP contribution is -2.43. The van der Waals surface area contributed by atoms with Crippen LogP contribution in [-0.4, -0.2) is 33.0 Å². The molecule has 0 radical (unpaired) electrons. The van der Waals surface area contributed by atoms with Gasteiger partial charge in [0.05, 0.1) is 26.4 Å². The van der Waals surface area contributed by atoms with E-state index in [0.29, 0.717) is 18.4 Å². The van der Waals surface area contributed by atoms with Gasteiger partial charge in [0.2, 0.25) is 0 Å². The Morgan fingerprint density at radius 2 is 0.910 bits per heavy atom. The van der Waals surface area contributed by atoms with E-state index in [4.69, 9.17) is 14.2 Å². The van der Waals surface area contributed by atoms with E-state index in [1.165, 1.54) is 116 Å². The van der Waals surface area contributed by atoms with Gasteiger partial charge in [-0.25, -0.2) is 0 Å². The fourth-order valence-corrected chi connectivity index (χ4v) is 15.9. The molecule has 1 aliphatic heterocycles. The van der Waals surface area contributed by atoms with Gasteiger partial charge in [-0.2, -0.15) is 0 Å². The van der Waals surface area contributed by atoms with E-state index < -0.39 is 0 Å². The molecule has 3 aliphatic carbocycles. The van der Waals surface area contributed by atoms with Gasteiger partial charge in [0.15, 0.2) is 0 Å². The van der Waals surface area contributed by atoms with E-state index in [-0.39, 0.29) is 11.3 Å². The molecule has 0 saturated carbocycles.